The first kappa shape index (κ1) is 18.8. The summed E-state index contributed by atoms with van der Waals surface area (Å²) in [5.41, 5.74) is 2.29. The van der Waals surface area contributed by atoms with E-state index in [4.69, 9.17) is 4.74 Å². The predicted molar refractivity (Wildman–Crippen MR) is 94.7 cm³/mol. The highest BCUT2D eigenvalue weighted by Gasteiger charge is 2.32. The van der Waals surface area contributed by atoms with Gasteiger partial charge in [0.15, 0.2) is 0 Å². The Morgan fingerprint density at radius 2 is 1.62 bits per heavy atom. The molecule has 0 radical (unpaired) electrons. The molecule has 4 heteroatoms. The summed E-state index contributed by atoms with van der Waals surface area (Å²) in [7, 11) is 0. The minimum Gasteiger partial charge on any atom is -0.507 e. The lowest BCUT2D eigenvalue weighted by Crippen LogP contribution is -2.21. The standard InChI is InChI=1S/C20H30O4/c1-19(2,3)15-8-12(9-16(17(15)21)20(4,5)6)7-13(18(22)23)10-14-11-24-14/h8-9,13-14,21H,7,10-11H2,1-6H3,(H,22,23). The number of aromatic hydroxyl groups is 1. The van der Waals surface area contributed by atoms with Gasteiger partial charge in [-0.1, -0.05) is 53.7 Å². The Bertz CT molecular complexity index is 581. The number of hydrogen-bond acceptors (Lipinski definition) is 3. The molecule has 1 aromatic rings. The third-order valence-electron chi connectivity index (χ3n) is 4.57. The van der Waals surface area contributed by atoms with Crippen molar-refractivity contribution in [1.82, 2.24) is 0 Å². The van der Waals surface area contributed by atoms with Gasteiger partial charge >= 0.3 is 5.97 Å². The zero-order valence-electron chi connectivity index (χ0n) is 15.6. The smallest absolute Gasteiger partial charge is 0.306 e. The molecule has 1 aliphatic heterocycles. The molecule has 0 saturated carbocycles. The first-order valence-electron chi connectivity index (χ1n) is 8.61. The summed E-state index contributed by atoms with van der Waals surface area (Å²) in [5, 5.41) is 20.3. The van der Waals surface area contributed by atoms with Crippen molar-refractivity contribution >= 4 is 5.97 Å². The zero-order valence-corrected chi connectivity index (χ0v) is 15.6. The van der Waals surface area contributed by atoms with Gasteiger partial charge in [0, 0.05) is 0 Å². The number of rotatable bonds is 5. The average molecular weight is 334 g/mol. The van der Waals surface area contributed by atoms with Crippen molar-refractivity contribution in [3.63, 3.8) is 0 Å². The molecule has 0 spiro atoms. The van der Waals surface area contributed by atoms with Gasteiger partial charge in [-0.25, -0.2) is 0 Å². The summed E-state index contributed by atoms with van der Waals surface area (Å²) in [6, 6.07) is 3.93. The molecule has 2 rings (SSSR count). The van der Waals surface area contributed by atoms with Crippen LogP contribution in [-0.4, -0.2) is 28.9 Å². The van der Waals surface area contributed by atoms with Crippen LogP contribution in [0, 0.1) is 5.92 Å². The first-order valence-corrected chi connectivity index (χ1v) is 8.61. The summed E-state index contributed by atoms with van der Waals surface area (Å²) in [5.74, 6) is -0.910. The van der Waals surface area contributed by atoms with E-state index in [1.54, 1.807) is 0 Å². The number of aliphatic carboxylic acids is 1. The van der Waals surface area contributed by atoms with Crippen LogP contribution in [0.5, 0.6) is 5.75 Å². The van der Waals surface area contributed by atoms with E-state index < -0.39 is 11.9 Å². The molecule has 1 fully saturated rings. The summed E-state index contributed by atoms with van der Waals surface area (Å²) in [6.45, 7) is 13.0. The van der Waals surface area contributed by atoms with Gasteiger partial charge in [0.2, 0.25) is 0 Å². The number of carboxylic acid groups (broad SMARTS) is 1. The monoisotopic (exact) mass is 334 g/mol. The maximum absolute atomic E-state index is 11.6. The molecule has 4 nitrogen and oxygen atoms in total. The van der Waals surface area contributed by atoms with Crippen LogP contribution in [0.1, 0.15) is 64.7 Å². The van der Waals surface area contributed by atoms with E-state index in [0.29, 0.717) is 25.2 Å². The Morgan fingerprint density at radius 1 is 1.17 bits per heavy atom. The predicted octanol–water partition coefficient (Wildman–Crippen LogP) is 4.02. The van der Waals surface area contributed by atoms with Crippen molar-refractivity contribution in [2.45, 2.75) is 71.3 Å². The molecule has 1 aliphatic rings. The van der Waals surface area contributed by atoms with Crippen LogP contribution in [-0.2, 0) is 26.8 Å². The zero-order chi connectivity index (χ0) is 18.3. The van der Waals surface area contributed by atoms with Gasteiger partial charge in [-0.3, -0.25) is 4.79 Å². The fourth-order valence-corrected chi connectivity index (χ4v) is 3.03. The highest BCUT2D eigenvalue weighted by Crippen LogP contribution is 2.40. The van der Waals surface area contributed by atoms with Crippen LogP contribution in [0.15, 0.2) is 12.1 Å². The van der Waals surface area contributed by atoms with E-state index in [2.05, 4.69) is 41.5 Å². The molecular weight excluding hydrogens is 304 g/mol. The summed E-state index contributed by atoms with van der Waals surface area (Å²) in [6.07, 6.45) is 1.10. The number of benzene rings is 1. The van der Waals surface area contributed by atoms with E-state index >= 15 is 0 Å². The van der Waals surface area contributed by atoms with E-state index in [0.717, 1.165) is 16.7 Å². The maximum Gasteiger partial charge on any atom is 0.306 e. The minimum absolute atomic E-state index is 0.0902. The third-order valence-corrected chi connectivity index (χ3v) is 4.57. The minimum atomic E-state index is -0.784. The maximum atomic E-state index is 11.6. The molecule has 0 bridgehead atoms. The molecule has 0 aromatic heterocycles. The molecule has 2 atom stereocenters. The van der Waals surface area contributed by atoms with Crippen molar-refractivity contribution in [2.24, 2.45) is 5.92 Å². The molecule has 2 unspecified atom stereocenters. The average Bonchev–Trinajstić information content (AvgIpc) is 3.20. The van der Waals surface area contributed by atoms with Crippen LogP contribution in [0.4, 0.5) is 0 Å². The van der Waals surface area contributed by atoms with Crippen LogP contribution in [0.3, 0.4) is 0 Å². The van der Waals surface area contributed by atoms with Gasteiger partial charge in [-0.15, -0.1) is 0 Å². The second-order valence-electron chi connectivity index (χ2n) is 8.97. The fourth-order valence-electron chi connectivity index (χ4n) is 3.03. The molecule has 1 aromatic carbocycles. The molecular formula is C20H30O4. The molecule has 1 heterocycles. The molecule has 134 valence electrons. The number of ether oxygens (including phenoxy) is 1. The Balaban J connectivity index is 2.43. The third kappa shape index (κ3) is 4.50. The molecule has 2 N–H and O–H groups in total. The summed E-state index contributed by atoms with van der Waals surface area (Å²) < 4.78 is 5.20. The summed E-state index contributed by atoms with van der Waals surface area (Å²) >= 11 is 0. The van der Waals surface area contributed by atoms with Crippen LogP contribution in [0.2, 0.25) is 0 Å². The van der Waals surface area contributed by atoms with E-state index in [-0.39, 0.29) is 16.9 Å². The van der Waals surface area contributed by atoms with Crippen molar-refractivity contribution in [2.75, 3.05) is 6.61 Å². The number of phenolic OH excluding ortho intramolecular Hbond substituents is 1. The SMILES string of the molecule is CC(C)(C)c1cc(CC(CC2CO2)C(=O)O)cc(C(C)(C)C)c1O. The lowest BCUT2D eigenvalue weighted by Gasteiger charge is -2.28. The number of epoxide rings is 1. The highest BCUT2D eigenvalue weighted by molar-refractivity contribution is 5.70. The Kier molecular flexibility index (Phi) is 5.01. The van der Waals surface area contributed by atoms with Crippen LogP contribution in [0.25, 0.3) is 0 Å². The molecule has 1 saturated heterocycles. The van der Waals surface area contributed by atoms with Gasteiger partial charge in [-0.05, 0) is 40.4 Å². The van der Waals surface area contributed by atoms with Crippen LogP contribution >= 0.6 is 0 Å². The highest BCUT2D eigenvalue weighted by atomic mass is 16.6. The molecule has 0 aliphatic carbocycles. The first-order chi connectivity index (χ1) is 10.9. The Morgan fingerprint density at radius 3 is 1.96 bits per heavy atom. The van der Waals surface area contributed by atoms with E-state index in [1.165, 1.54) is 0 Å². The van der Waals surface area contributed by atoms with Crippen molar-refractivity contribution in [3.05, 3.63) is 28.8 Å². The van der Waals surface area contributed by atoms with Gasteiger partial charge in [0.25, 0.3) is 0 Å². The second-order valence-corrected chi connectivity index (χ2v) is 8.97. The quantitative estimate of drug-likeness (QED) is 0.798. The fraction of sp³-hybridized carbons (Fsp3) is 0.650. The number of phenols is 1. The molecule has 0 amide bonds. The normalized spacial score (nSPS) is 19.2. The number of carboxylic acids is 1. The van der Waals surface area contributed by atoms with E-state index in [9.17, 15) is 15.0 Å². The van der Waals surface area contributed by atoms with Crippen molar-refractivity contribution < 1.29 is 19.7 Å². The number of carbonyl (C=O) groups is 1. The lowest BCUT2D eigenvalue weighted by molar-refractivity contribution is -0.142. The van der Waals surface area contributed by atoms with Gasteiger partial charge in [0.05, 0.1) is 18.6 Å². The van der Waals surface area contributed by atoms with Gasteiger partial charge < -0.3 is 14.9 Å². The van der Waals surface area contributed by atoms with Gasteiger partial charge in [0.1, 0.15) is 5.75 Å². The Labute approximate surface area is 144 Å². The van der Waals surface area contributed by atoms with Gasteiger partial charge in [-0.2, -0.15) is 0 Å². The Hall–Kier alpha value is -1.55. The second kappa shape index (κ2) is 6.40. The topological polar surface area (TPSA) is 70.1 Å². The molecule has 24 heavy (non-hydrogen) atoms. The van der Waals surface area contributed by atoms with Crippen LogP contribution < -0.4 is 0 Å². The summed E-state index contributed by atoms with van der Waals surface area (Å²) in [4.78, 5) is 11.6. The lowest BCUT2D eigenvalue weighted by atomic mass is 9.77. The van der Waals surface area contributed by atoms with E-state index in [1.807, 2.05) is 12.1 Å². The largest absolute Gasteiger partial charge is 0.507 e. The van der Waals surface area contributed by atoms with Crippen molar-refractivity contribution in [1.29, 1.82) is 0 Å². The number of hydrogen-bond donors (Lipinski definition) is 2. The van der Waals surface area contributed by atoms with Crippen molar-refractivity contribution in [3.8, 4) is 5.75 Å².